The van der Waals surface area contributed by atoms with Crippen LogP contribution in [-0.4, -0.2) is 115 Å². The lowest BCUT2D eigenvalue weighted by Gasteiger charge is -2.36. The number of nitrogens with zero attached hydrogens (tertiary/aromatic N) is 7. The minimum absolute atomic E-state index is 0.00859. The molecule has 2 aromatic heterocycles. The van der Waals surface area contributed by atoms with E-state index >= 15 is 8.78 Å². The Balaban J connectivity index is 0.965. The maximum atomic E-state index is 16.9. The number of carboxylic acid groups (broad SMARTS) is 1. The number of anilines is 2. The highest BCUT2D eigenvalue weighted by molar-refractivity contribution is 5.87. The van der Waals surface area contributed by atoms with Gasteiger partial charge in [-0.3, -0.25) is 14.5 Å². The molecule has 4 aliphatic heterocycles. The molecule has 4 amide bonds. The van der Waals surface area contributed by atoms with Gasteiger partial charge in [-0.05, 0) is 136 Å². The van der Waals surface area contributed by atoms with Crippen molar-refractivity contribution in [2.45, 2.75) is 135 Å². The van der Waals surface area contributed by atoms with Gasteiger partial charge in [-0.25, -0.2) is 28.3 Å². The molecule has 0 aliphatic carbocycles. The van der Waals surface area contributed by atoms with Crippen molar-refractivity contribution in [2.75, 3.05) is 49.1 Å². The summed E-state index contributed by atoms with van der Waals surface area (Å²) < 4.78 is 38.8. The topological polar surface area (TPSA) is 183 Å². The van der Waals surface area contributed by atoms with Crippen LogP contribution in [-0.2, 0) is 14.3 Å². The van der Waals surface area contributed by atoms with E-state index in [0.29, 0.717) is 80.6 Å². The van der Waals surface area contributed by atoms with Gasteiger partial charge in [-0.1, -0.05) is 70.2 Å². The lowest BCUT2D eigenvalue weighted by atomic mass is 9.89. The molecule has 4 N–H and O–H groups in total. The Morgan fingerprint density at radius 2 is 1.23 bits per heavy atom. The number of H-pyrrole nitrogens is 2. The van der Waals surface area contributed by atoms with Crippen LogP contribution < -0.4 is 15.1 Å². The second kappa shape index (κ2) is 22.4. The van der Waals surface area contributed by atoms with Crippen LogP contribution in [0.25, 0.3) is 22.1 Å². The second-order valence-corrected chi connectivity index (χ2v) is 22.0. The van der Waals surface area contributed by atoms with Crippen molar-refractivity contribution in [3.8, 4) is 0 Å². The van der Waals surface area contributed by atoms with Gasteiger partial charge in [-0.2, -0.15) is 0 Å². The number of benzene rings is 4. The summed E-state index contributed by atoms with van der Waals surface area (Å²) in [6, 6.07) is 22.4. The average Bonchev–Trinajstić information content (AvgIpc) is 4.29. The number of likely N-dealkylation sites (N-methyl/N-ethyl adjacent to an activating group) is 1. The molecular formula is C59H72F2N10O6. The summed E-state index contributed by atoms with van der Waals surface area (Å²) in [6.07, 6.45) is 4.02. The van der Waals surface area contributed by atoms with Crippen molar-refractivity contribution in [2.24, 2.45) is 11.8 Å². The highest BCUT2D eigenvalue weighted by atomic mass is 19.1. The Kier molecular flexibility index (Phi) is 15.5. The number of hydrogen-bond donors (Lipinski definition) is 4. The zero-order valence-electron chi connectivity index (χ0n) is 45.0. The van der Waals surface area contributed by atoms with E-state index in [9.17, 15) is 24.3 Å². The zero-order chi connectivity index (χ0) is 54.2. The molecule has 0 saturated carbocycles. The second-order valence-electron chi connectivity index (χ2n) is 22.0. The number of rotatable bonds is 15. The molecule has 4 aliphatic rings. The SMILES string of the molecule is CCOC(=O)N[C@H](C(=O)N1CCC[C@H]1c1nc2ccc([C@H]3CC[C@H](c4ccc5nc([C@@H]6CCCN6C(=O)[C@H](C(C)C)N(CC)C(=O)O)[nH]c5c4)N3c3cc(F)c(N4CCC(c5ccccc5)CC4)c(F)c3)cc2[nH]1)C(C)C. The Morgan fingerprint density at radius 3 is 1.73 bits per heavy atom. The lowest BCUT2D eigenvalue weighted by molar-refractivity contribution is -0.139. The molecule has 0 unspecified atom stereocenters. The smallest absolute Gasteiger partial charge is 0.407 e. The minimum atomic E-state index is -1.13. The molecule has 0 bridgehead atoms. The number of nitrogens with one attached hydrogen (secondary N) is 3. The quantitative estimate of drug-likeness (QED) is 0.0772. The van der Waals surface area contributed by atoms with Crippen molar-refractivity contribution in [1.29, 1.82) is 0 Å². The lowest BCUT2D eigenvalue weighted by Crippen LogP contribution is -2.53. The molecule has 6 atom stereocenters. The number of aromatic amines is 2. The molecule has 77 heavy (non-hydrogen) atoms. The fraction of sp³-hybridized carbons (Fsp3) is 0.492. The summed E-state index contributed by atoms with van der Waals surface area (Å²) >= 11 is 0. The third-order valence-electron chi connectivity index (χ3n) is 16.6. The maximum Gasteiger partial charge on any atom is 0.407 e. The van der Waals surface area contributed by atoms with E-state index in [2.05, 4.69) is 44.5 Å². The van der Waals surface area contributed by atoms with Crippen molar-refractivity contribution >= 4 is 57.4 Å². The van der Waals surface area contributed by atoms with Gasteiger partial charge in [0.15, 0.2) is 11.6 Å². The van der Waals surface area contributed by atoms with Crippen LogP contribution in [0.2, 0.25) is 0 Å². The Bertz CT molecular complexity index is 3100. The summed E-state index contributed by atoms with van der Waals surface area (Å²) in [6.45, 7) is 13.4. The average molecular weight is 1060 g/mol. The summed E-state index contributed by atoms with van der Waals surface area (Å²) in [4.78, 5) is 78.8. The Morgan fingerprint density at radius 1 is 0.688 bits per heavy atom. The van der Waals surface area contributed by atoms with E-state index in [4.69, 9.17) is 14.7 Å². The minimum Gasteiger partial charge on any atom is -0.465 e. The monoisotopic (exact) mass is 1050 g/mol. The highest BCUT2D eigenvalue weighted by Crippen LogP contribution is 2.49. The van der Waals surface area contributed by atoms with Gasteiger partial charge in [0.05, 0.1) is 52.8 Å². The molecule has 6 heterocycles. The van der Waals surface area contributed by atoms with Gasteiger partial charge >= 0.3 is 12.2 Å². The first-order valence-corrected chi connectivity index (χ1v) is 27.7. The van der Waals surface area contributed by atoms with Crippen LogP contribution in [0.3, 0.4) is 0 Å². The fourth-order valence-corrected chi connectivity index (χ4v) is 12.8. The number of ether oxygens (including phenoxy) is 1. The van der Waals surface area contributed by atoms with Crippen molar-refractivity contribution in [3.63, 3.8) is 0 Å². The van der Waals surface area contributed by atoms with Crippen molar-refractivity contribution < 1.29 is 37.8 Å². The van der Waals surface area contributed by atoms with Gasteiger partial charge in [0, 0.05) is 38.4 Å². The number of amides is 4. The van der Waals surface area contributed by atoms with Crippen LogP contribution in [0, 0.1) is 23.5 Å². The van der Waals surface area contributed by atoms with E-state index in [1.165, 1.54) is 22.6 Å². The predicted octanol–water partition coefficient (Wildman–Crippen LogP) is 11.3. The number of carbonyl (C=O) groups excluding carboxylic acids is 3. The number of alkyl carbamates (subject to hydrolysis) is 1. The Labute approximate surface area is 448 Å². The first-order valence-electron chi connectivity index (χ1n) is 27.7. The number of carbonyl (C=O) groups is 4. The maximum absolute atomic E-state index is 16.9. The van der Waals surface area contributed by atoms with E-state index < -0.39 is 35.9 Å². The predicted molar refractivity (Wildman–Crippen MR) is 292 cm³/mol. The molecule has 0 spiro atoms. The number of imidazole rings is 2. The summed E-state index contributed by atoms with van der Waals surface area (Å²) in [5.74, 6) is -0.471. The van der Waals surface area contributed by atoms with Crippen LogP contribution in [0.5, 0.6) is 0 Å². The highest BCUT2D eigenvalue weighted by Gasteiger charge is 2.42. The number of fused-ring (bicyclic) bond motifs is 2. The van der Waals surface area contributed by atoms with Gasteiger partial charge < -0.3 is 44.7 Å². The van der Waals surface area contributed by atoms with Gasteiger partial charge in [0.1, 0.15) is 29.4 Å². The molecule has 0 radical (unpaired) electrons. The van der Waals surface area contributed by atoms with Crippen molar-refractivity contribution in [1.82, 2.24) is 40.0 Å². The van der Waals surface area contributed by atoms with Gasteiger partial charge in [-0.15, -0.1) is 0 Å². The van der Waals surface area contributed by atoms with Crippen molar-refractivity contribution in [3.05, 3.63) is 119 Å². The first-order chi connectivity index (χ1) is 37.1. The summed E-state index contributed by atoms with van der Waals surface area (Å²) in [5.41, 5.74) is 6.47. The standard InChI is InChI=1S/C59H72F2N10O6/c1-7-68(59(75)76)52(35(5)6)57(73)70-27-13-17-50(70)55-63-44-21-19-39(31-46(44)65-55)48-23-22-47(71(48)40-32-41(60)53(42(61)33-40)67-28-24-37(25-29-67)36-14-10-9-11-15-36)38-18-20-43-45(30-38)64-54(62-43)49-16-12-26-69(49)56(72)51(34(3)4)66-58(74)77-8-2/h9-11,14-15,18-21,30-35,37,47-52H,7-8,12-13,16-17,22-29H2,1-6H3,(H,62,64)(H,63,65)(H,66,74)(H,75,76)/t47-,48-,49+,50+,51+,52+/m1/s1. The van der Waals surface area contributed by atoms with Crippen LogP contribution in [0.1, 0.15) is 151 Å². The number of piperidine rings is 1. The zero-order valence-corrected chi connectivity index (χ0v) is 45.0. The summed E-state index contributed by atoms with van der Waals surface area (Å²) in [5, 5.41) is 12.8. The molecule has 16 nitrogen and oxygen atoms in total. The summed E-state index contributed by atoms with van der Waals surface area (Å²) in [7, 11) is 0. The van der Waals surface area contributed by atoms with Gasteiger partial charge in [0.25, 0.3) is 0 Å². The first kappa shape index (κ1) is 53.2. The molecule has 10 rings (SSSR count). The van der Waals surface area contributed by atoms with Crippen LogP contribution in [0.15, 0.2) is 78.9 Å². The largest absolute Gasteiger partial charge is 0.465 e. The number of hydrogen-bond acceptors (Lipinski definition) is 9. The molecular weight excluding hydrogens is 983 g/mol. The fourth-order valence-electron chi connectivity index (χ4n) is 12.8. The van der Waals surface area contributed by atoms with Crippen LogP contribution >= 0.6 is 0 Å². The number of halogens is 2. The number of aromatic nitrogens is 4. The van der Waals surface area contributed by atoms with E-state index in [-0.39, 0.29) is 66.7 Å². The molecule has 4 saturated heterocycles. The molecule has 6 aromatic rings. The Hall–Kier alpha value is -7.24. The normalized spacial score (nSPS) is 21.0. The molecule has 4 aromatic carbocycles. The van der Waals surface area contributed by atoms with Crippen LogP contribution in [0.4, 0.5) is 29.7 Å². The molecule has 4 fully saturated rings. The molecule has 18 heteroatoms. The van der Waals surface area contributed by atoms with E-state index in [1.807, 2.05) is 75.1 Å². The third kappa shape index (κ3) is 10.5. The van der Waals surface area contributed by atoms with E-state index in [0.717, 1.165) is 53.4 Å². The molecule has 408 valence electrons. The van der Waals surface area contributed by atoms with Gasteiger partial charge in [0.2, 0.25) is 11.8 Å². The third-order valence-corrected chi connectivity index (χ3v) is 16.6. The van der Waals surface area contributed by atoms with E-state index in [1.54, 1.807) is 23.6 Å². The number of likely N-dealkylation sites (tertiary alicyclic amines) is 2.